The molecule has 6 nitrogen and oxygen atoms in total. The van der Waals surface area contributed by atoms with Crippen molar-refractivity contribution in [2.24, 2.45) is 11.8 Å². The van der Waals surface area contributed by atoms with Gasteiger partial charge >= 0.3 is 12.0 Å². The number of nitrogens with zero attached hydrogens (tertiary/aromatic N) is 1. The van der Waals surface area contributed by atoms with Gasteiger partial charge in [-0.15, -0.1) is 0 Å². The number of methoxy groups -OCH3 is 1. The molecule has 0 aliphatic carbocycles. The lowest BCUT2D eigenvalue weighted by molar-refractivity contribution is -0.142. The van der Waals surface area contributed by atoms with Gasteiger partial charge in [0.1, 0.15) is 5.75 Å². The molecule has 0 radical (unpaired) electrons. The van der Waals surface area contributed by atoms with Crippen molar-refractivity contribution < 1.29 is 19.4 Å². The van der Waals surface area contributed by atoms with Crippen LogP contribution in [0, 0.1) is 11.8 Å². The molecule has 2 atom stereocenters. The molecule has 0 aromatic heterocycles. The summed E-state index contributed by atoms with van der Waals surface area (Å²) < 4.78 is 5.07. The van der Waals surface area contributed by atoms with Gasteiger partial charge in [0.25, 0.3) is 0 Å². The van der Waals surface area contributed by atoms with Crippen molar-refractivity contribution in [3.05, 3.63) is 29.8 Å². The Morgan fingerprint density at radius 2 is 2.00 bits per heavy atom. The largest absolute Gasteiger partial charge is 0.497 e. The van der Waals surface area contributed by atoms with Crippen molar-refractivity contribution in [1.29, 1.82) is 0 Å². The van der Waals surface area contributed by atoms with Crippen molar-refractivity contribution in [1.82, 2.24) is 10.2 Å². The van der Waals surface area contributed by atoms with E-state index >= 15 is 0 Å². The van der Waals surface area contributed by atoms with Crippen LogP contribution in [0.25, 0.3) is 0 Å². The molecular formula is C15H20N2O4. The number of urea groups is 1. The maximum absolute atomic E-state index is 12.1. The summed E-state index contributed by atoms with van der Waals surface area (Å²) in [6, 6.07) is 7.21. The van der Waals surface area contributed by atoms with Crippen LogP contribution in [0.3, 0.4) is 0 Å². The molecule has 1 saturated heterocycles. The van der Waals surface area contributed by atoms with E-state index in [-0.39, 0.29) is 18.5 Å². The smallest absolute Gasteiger partial charge is 0.317 e. The number of carboxylic acid groups (broad SMARTS) is 1. The molecule has 21 heavy (non-hydrogen) atoms. The number of carbonyl (C=O) groups is 2. The van der Waals surface area contributed by atoms with E-state index in [0.29, 0.717) is 13.1 Å². The first-order valence-corrected chi connectivity index (χ1v) is 6.89. The molecule has 2 N–H and O–H groups in total. The normalized spacial score (nSPS) is 21.1. The van der Waals surface area contributed by atoms with Crippen LogP contribution < -0.4 is 10.1 Å². The van der Waals surface area contributed by atoms with Crippen molar-refractivity contribution >= 4 is 12.0 Å². The van der Waals surface area contributed by atoms with E-state index in [1.807, 2.05) is 31.2 Å². The van der Waals surface area contributed by atoms with Gasteiger partial charge in [-0.2, -0.15) is 0 Å². The van der Waals surface area contributed by atoms with Crippen molar-refractivity contribution in [3.63, 3.8) is 0 Å². The van der Waals surface area contributed by atoms with Gasteiger partial charge in [0.05, 0.1) is 13.0 Å². The topological polar surface area (TPSA) is 78.9 Å². The van der Waals surface area contributed by atoms with E-state index in [0.717, 1.165) is 11.3 Å². The lowest BCUT2D eigenvalue weighted by Gasteiger charge is -2.17. The summed E-state index contributed by atoms with van der Waals surface area (Å²) in [5.41, 5.74) is 0.964. The summed E-state index contributed by atoms with van der Waals surface area (Å²) in [5, 5.41) is 11.9. The first-order chi connectivity index (χ1) is 10.0. The minimum Gasteiger partial charge on any atom is -0.497 e. The van der Waals surface area contributed by atoms with Crippen LogP contribution in [0.1, 0.15) is 12.5 Å². The Morgan fingerprint density at radius 1 is 1.33 bits per heavy atom. The number of hydrogen-bond acceptors (Lipinski definition) is 3. The highest BCUT2D eigenvalue weighted by Crippen LogP contribution is 2.23. The van der Waals surface area contributed by atoms with Crippen LogP contribution >= 0.6 is 0 Å². The van der Waals surface area contributed by atoms with Crippen LogP contribution in [0.2, 0.25) is 0 Å². The fraction of sp³-hybridized carbons (Fsp3) is 0.467. The van der Waals surface area contributed by atoms with Crippen LogP contribution in [0.15, 0.2) is 24.3 Å². The third-order valence-corrected chi connectivity index (χ3v) is 3.82. The maximum Gasteiger partial charge on any atom is 0.317 e. The Balaban J connectivity index is 1.86. The predicted molar refractivity (Wildman–Crippen MR) is 77.1 cm³/mol. The number of amides is 2. The first kappa shape index (κ1) is 15.2. The second kappa shape index (κ2) is 6.47. The monoisotopic (exact) mass is 292 g/mol. The second-order valence-corrected chi connectivity index (χ2v) is 5.33. The zero-order chi connectivity index (χ0) is 15.4. The molecule has 114 valence electrons. The van der Waals surface area contributed by atoms with Gasteiger partial charge < -0.3 is 20.1 Å². The van der Waals surface area contributed by atoms with Crippen LogP contribution in [-0.4, -0.2) is 42.2 Å². The molecule has 0 bridgehead atoms. The third-order valence-electron chi connectivity index (χ3n) is 3.82. The molecule has 2 rings (SSSR count). The molecule has 0 spiro atoms. The summed E-state index contributed by atoms with van der Waals surface area (Å²) in [6.07, 6.45) is 0. The fourth-order valence-corrected chi connectivity index (χ4v) is 2.49. The number of rotatable bonds is 4. The quantitative estimate of drug-likeness (QED) is 0.882. The van der Waals surface area contributed by atoms with Crippen molar-refractivity contribution in [3.8, 4) is 5.75 Å². The highest BCUT2D eigenvalue weighted by Gasteiger charge is 2.36. The number of carboxylic acids is 1. The van der Waals surface area contributed by atoms with Gasteiger partial charge in [0.2, 0.25) is 0 Å². The van der Waals surface area contributed by atoms with Crippen LogP contribution in [0.5, 0.6) is 5.75 Å². The molecule has 1 aliphatic heterocycles. The first-order valence-electron chi connectivity index (χ1n) is 6.89. The highest BCUT2D eigenvalue weighted by molar-refractivity contribution is 5.77. The highest BCUT2D eigenvalue weighted by atomic mass is 16.5. The minimum absolute atomic E-state index is 0.0192. The van der Waals surface area contributed by atoms with E-state index in [1.54, 1.807) is 12.0 Å². The number of aliphatic carboxylic acids is 1. The molecule has 1 aromatic carbocycles. The molecule has 0 unspecified atom stereocenters. The van der Waals surface area contributed by atoms with Gasteiger partial charge in [-0.3, -0.25) is 4.79 Å². The molecule has 0 saturated carbocycles. The average Bonchev–Trinajstić information content (AvgIpc) is 2.87. The summed E-state index contributed by atoms with van der Waals surface area (Å²) >= 11 is 0. The Hall–Kier alpha value is -2.24. The van der Waals surface area contributed by atoms with Crippen molar-refractivity contribution in [2.75, 3.05) is 20.2 Å². The van der Waals surface area contributed by atoms with Gasteiger partial charge in [-0.05, 0) is 23.6 Å². The lowest BCUT2D eigenvalue weighted by atomic mass is 9.99. The van der Waals surface area contributed by atoms with E-state index in [4.69, 9.17) is 9.84 Å². The summed E-state index contributed by atoms with van der Waals surface area (Å²) in [4.78, 5) is 24.7. The Bertz CT molecular complexity index is 515. The molecule has 1 fully saturated rings. The second-order valence-electron chi connectivity index (χ2n) is 5.33. The standard InChI is InChI=1S/C15H20N2O4/c1-10-8-17(9-13(10)14(18)19)15(20)16-7-11-3-5-12(21-2)6-4-11/h3-6,10,13H,7-9H2,1-2H3,(H,16,20)(H,18,19)/t10-,13-/m1/s1. The Kier molecular flexibility index (Phi) is 4.67. The molecule has 2 amide bonds. The maximum atomic E-state index is 12.1. The van der Waals surface area contributed by atoms with E-state index < -0.39 is 11.9 Å². The summed E-state index contributed by atoms with van der Waals surface area (Å²) in [5.74, 6) is -0.568. The SMILES string of the molecule is COc1ccc(CNC(=O)N2C[C@@H](C)[C@H](C(=O)O)C2)cc1. The zero-order valence-corrected chi connectivity index (χ0v) is 12.2. The van der Waals surface area contributed by atoms with E-state index in [2.05, 4.69) is 5.32 Å². The lowest BCUT2D eigenvalue weighted by Crippen LogP contribution is -2.38. The van der Waals surface area contributed by atoms with Crippen LogP contribution in [-0.2, 0) is 11.3 Å². The van der Waals surface area contributed by atoms with Gasteiger partial charge in [0, 0.05) is 19.6 Å². The molecule has 6 heteroatoms. The van der Waals surface area contributed by atoms with Gasteiger partial charge in [-0.25, -0.2) is 4.79 Å². The number of ether oxygens (including phenoxy) is 1. The molecule has 1 aliphatic rings. The van der Waals surface area contributed by atoms with E-state index in [1.165, 1.54) is 0 Å². The van der Waals surface area contributed by atoms with E-state index in [9.17, 15) is 9.59 Å². The van der Waals surface area contributed by atoms with Gasteiger partial charge in [-0.1, -0.05) is 19.1 Å². The Labute approximate surface area is 123 Å². The minimum atomic E-state index is -0.840. The fourth-order valence-electron chi connectivity index (χ4n) is 2.49. The molecular weight excluding hydrogens is 272 g/mol. The number of likely N-dealkylation sites (tertiary alicyclic amines) is 1. The number of benzene rings is 1. The summed E-state index contributed by atoms with van der Waals surface area (Å²) in [7, 11) is 1.60. The molecule has 1 heterocycles. The van der Waals surface area contributed by atoms with Crippen LogP contribution in [0.4, 0.5) is 4.79 Å². The number of nitrogens with one attached hydrogen (secondary N) is 1. The average molecular weight is 292 g/mol. The third kappa shape index (κ3) is 3.65. The number of hydrogen-bond donors (Lipinski definition) is 2. The predicted octanol–water partition coefficient (Wildman–Crippen LogP) is 1.56. The zero-order valence-electron chi connectivity index (χ0n) is 12.2. The summed E-state index contributed by atoms with van der Waals surface area (Å²) in [6.45, 7) is 3.01. The Morgan fingerprint density at radius 3 is 2.52 bits per heavy atom. The molecule has 1 aromatic rings. The number of carbonyl (C=O) groups excluding carboxylic acids is 1. The van der Waals surface area contributed by atoms with Crippen molar-refractivity contribution in [2.45, 2.75) is 13.5 Å². The van der Waals surface area contributed by atoms with Gasteiger partial charge in [0.15, 0.2) is 0 Å².